The van der Waals surface area contributed by atoms with Crippen LogP contribution in [-0.2, 0) is 10.8 Å². The van der Waals surface area contributed by atoms with Crippen LogP contribution in [0.5, 0.6) is 17.2 Å². The van der Waals surface area contributed by atoms with Gasteiger partial charge in [0.1, 0.15) is 17.2 Å². The molecule has 0 fully saturated rings. The molecule has 3 N–H and O–H groups in total. The molecular formula is C33H46O3. The van der Waals surface area contributed by atoms with Crippen LogP contribution in [0.15, 0.2) is 48.5 Å². The largest absolute Gasteiger partial charge is 0.508 e. The molecule has 0 aromatic heterocycles. The summed E-state index contributed by atoms with van der Waals surface area (Å²) in [6.45, 7) is 21.1. The van der Waals surface area contributed by atoms with Crippen molar-refractivity contribution >= 4 is 0 Å². The van der Waals surface area contributed by atoms with Gasteiger partial charge in [0.2, 0.25) is 0 Å². The molecule has 0 heterocycles. The Kier molecular flexibility index (Phi) is 9.29. The maximum absolute atomic E-state index is 10.5. The van der Waals surface area contributed by atoms with Crippen LogP contribution < -0.4 is 0 Å². The summed E-state index contributed by atoms with van der Waals surface area (Å²) in [6, 6.07) is 15.5. The predicted molar refractivity (Wildman–Crippen MR) is 153 cm³/mol. The van der Waals surface area contributed by atoms with E-state index in [-0.39, 0.29) is 16.7 Å². The monoisotopic (exact) mass is 490 g/mol. The molecule has 3 aromatic rings. The SMILES string of the molecule is CCCC(c1cc(C(C)(C)C)c(O)cc1C)c1cc(C(C)(C)C)c(O)cc1C.Cc1ccccc1O. The average Bonchev–Trinajstić information content (AvgIpc) is 2.74. The highest BCUT2D eigenvalue weighted by atomic mass is 16.3. The third kappa shape index (κ3) is 7.06. The number of phenols is 3. The quantitative estimate of drug-likeness (QED) is 0.342. The second-order valence-electron chi connectivity index (χ2n) is 12.1. The standard InChI is InChI=1S/C26H38O2.C7H8O/c1-10-11-18(19-14-21(25(4,5)6)23(27)12-16(19)2)20-15-22(26(7,8)9)24(28)13-17(20)3;1-6-4-2-3-5-7(6)8/h12-15,18,27-28H,10-11H2,1-9H3;2-5,8H,1H3. The molecule has 0 atom stereocenters. The number of phenolic OH excluding ortho intramolecular Hbond substituents is 3. The minimum Gasteiger partial charge on any atom is -0.508 e. The van der Waals surface area contributed by atoms with Gasteiger partial charge in [0.15, 0.2) is 0 Å². The number of aryl methyl sites for hydroxylation is 3. The van der Waals surface area contributed by atoms with Gasteiger partial charge < -0.3 is 15.3 Å². The fourth-order valence-electron chi connectivity index (χ4n) is 4.70. The Balaban J connectivity index is 0.000000482. The highest BCUT2D eigenvalue weighted by Crippen LogP contribution is 2.42. The first-order valence-electron chi connectivity index (χ1n) is 13.0. The molecule has 3 aromatic carbocycles. The van der Waals surface area contributed by atoms with Gasteiger partial charge in [-0.05, 0) is 95.2 Å². The molecular weight excluding hydrogens is 444 g/mol. The van der Waals surface area contributed by atoms with Gasteiger partial charge in [-0.15, -0.1) is 0 Å². The maximum Gasteiger partial charge on any atom is 0.119 e. The van der Waals surface area contributed by atoms with E-state index in [0.717, 1.165) is 40.7 Å². The van der Waals surface area contributed by atoms with Gasteiger partial charge in [-0.3, -0.25) is 0 Å². The number of hydrogen-bond acceptors (Lipinski definition) is 3. The molecule has 3 rings (SSSR count). The van der Waals surface area contributed by atoms with Crippen LogP contribution in [0.1, 0.15) is 106 Å². The van der Waals surface area contributed by atoms with Gasteiger partial charge >= 0.3 is 0 Å². The number of aromatic hydroxyl groups is 3. The van der Waals surface area contributed by atoms with E-state index >= 15 is 0 Å². The second kappa shape index (κ2) is 11.4. The zero-order valence-electron chi connectivity index (χ0n) is 24.0. The van der Waals surface area contributed by atoms with Gasteiger partial charge in [0.25, 0.3) is 0 Å². The Labute approximate surface area is 218 Å². The van der Waals surface area contributed by atoms with Gasteiger partial charge in [-0.1, -0.05) is 85.2 Å². The van der Waals surface area contributed by atoms with Crippen LogP contribution in [-0.4, -0.2) is 15.3 Å². The van der Waals surface area contributed by atoms with E-state index < -0.39 is 0 Å². The van der Waals surface area contributed by atoms with E-state index in [4.69, 9.17) is 5.11 Å². The Morgan fingerprint density at radius 3 is 1.33 bits per heavy atom. The highest BCUT2D eigenvalue weighted by molar-refractivity contribution is 5.52. The summed E-state index contributed by atoms with van der Waals surface area (Å²) < 4.78 is 0. The first kappa shape index (κ1) is 29.3. The molecule has 0 saturated heterocycles. The van der Waals surface area contributed by atoms with Crippen molar-refractivity contribution in [2.75, 3.05) is 0 Å². The number of hydrogen-bond donors (Lipinski definition) is 3. The Morgan fingerprint density at radius 2 is 1.03 bits per heavy atom. The molecule has 0 aliphatic heterocycles. The van der Waals surface area contributed by atoms with Crippen molar-refractivity contribution < 1.29 is 15.3 Å². The summed E-state index contributed by atoms with van der Waals surface area (Å²) in [7, 11) is 0. The van der Waals surface area contributed by atoms with Crippen LogP contribution >= 0.6 is 0 Å². The number of benzene rings is 3. The van der Waals surface area contributed by atoms with Crippen molar-refractivity contribution in [3.8, 4) is 17.2 Å². The van der Waals surface area contributed by atoms with Gasteiger partial charge in [0.05, 0.1) is 0 Å². The fraction of sp³-hybridized carbons (Fsp3) is 0.455. The smallest absolute Gasteiger partial charge is 0.119 e. The summed E-state index contributed by atoms with van der Waals surface area (Å²) in [5, 5.41) is 30.0. The minimum atomic E-state index is -0.121. The van der Waals surface area contributed by atoms with E-state index in [1.165, 1.54) is 11.1 Å². The third-order valence-electron chi connectivity index (χ3n) is 6.83. The zero-order valence-corrected chi connectivity index (χ0v) is 24.0. The molecule has 0 bridgehead atoms. The van der Waals surface area contributed by atoms with Crippen molar-refractivity contribution in [2.45, 2.75) is 98.8 Å². The molecule has 3 heteroatoms. The first-order valence-corrected chi connectivity index (χ1v) is 13.0. The third-order valence-corrected chi connectivity index (χ3v) is 6.83. The normalized spacial score (nSPS) is 11.9. The van der Waals surface area contributed by atoms with Crippen LogP contribution in [0.4, 0.5) is 0 Å². The lowest BCUT2D eigenvalue weighted by molar-refractivity contribution is 0.445. The van der Waals surface area contributed by atoms with Crippen molar-refractivity contribution in [1.82, 2.24) is 0 Å². The average molecular weight is 491 g/mol. The van der Waals surface area contributed by atoms with Crippen LogP contribution in [0.2, 0.25) is 0 Å². The topological polar surface area (TPSA) is 60.7 Å². The minimum absolute atomic E-state index is 0.121. The van der Waals surface area contributed by atoms with Gasteiger partial charge in [-0.2, -0.15) is 0 Å². The summed E-state index contributed by atoms with van der Waals surface area (Å²) in [4.78, 5) is 0. The molecule has 0 radical (unpaired) electrons. The lowest BCUT2D eigenvalue weighted by Gasteiger charge is -2.29. The van der Waals surface area contributed by atoms with E-state index in [1.807, 2.05) is 37.3 Å². The van der Waals surface area contributed by atoms with Crippen molar-refractivity contribution in [3.05, 3.63) is 87.5 Å². The molecule has 3 nitrogen and oxygen atoms in total. The predicted octanol–water partition coefficient (Wildman–Crippen LogP) is 8.94. The first-order chi connectivity index (χ1) is 16.6. The Hall–Kier alpha value is -2.94. The molecule has 0 saturated carbocycles. The van der Waals surface area contributed by atoms with Crippen molar-refractivity contribution in [3.63, 3.8) is 0 Å². The molecule has 0 aliphatic rings. The molecule has 0 amide bonds. The molecule has 0 spiro atoms. The van der Waals surface area contributed by atoms with E-state index in [0.29, 0.717) is 17.2 Å². The highest BCUT2D eigenvalue weighted by Gasteiger charge is 2.26. The molecule has 0 aliphatic carbocycles. The fourth-order valence-corrected chi connectivity index (χ4v) is 4.70. The van der Waals surface area contributed by atoms with E-state index in [2.05, 4.69) is 74.4 Å². The van der Waals surface area contributed by atoms with E-state index in [1.54, 1.807) is 6.07 Å². The van der Waals surface area contributed by atoms with Crippen molar-refractivity contribution in [1.29, 1.82) is 0 Å². The summed E-state index contributed by atoms with van der Waals surface area (Å²) >= 11 is 0. The van der Waals surface area contributed by atoms with E-state index in [9.17, 15) is 10.2 Å². The Bertz CT molecular complexity index is 1090. The zero-order chi connectivity index (χ0) is 27.4. The van der Waals surface area contributed by atoms with Gasteiger partial charge in [-0.25, -0.2) is 0 Å². The molecule has 0 unspecified atom stereocenters. The van der Waals surface area contributed by atoms with Crippen LogP contribution in [0.25, 0.3) is 0 Å². The summed E-state index contributed by atoms with van der Waals surface area (Å²) in [5.41, 5.74) is 7.45. The van der Waals surface area contributed by atoms with Crippen LogP contribution in [0.3, 0.4) is 0 Å². The number of rotatable bonds is 4. The maximum atomic E-state index is 10.5. The second-order valence-corrected chi connectivity index (χ2v) is 12.1. The lowest BCUT2D eigenvalue weighted by atomic mass is 9.76. The van der Waals surface area contributed by atoms with Crippen molar-refractivity contribution in [2.24, 2.45) is 0 Å². The molecule has 196 valence electrons. The lowest BCUT2D eigenvalue weighted by Crippen LogP contribution is -2.16. The Morgan fingerprint density at radius 1 is 0.611 bits per heavy atom. The molecule has 36 heavy (non-hydrogen) atoms. The van der Waals surface area contributed by atoms with Gasteiger partial charge in [0, 0.05) is 5.92 Å². The summed E-state index contributed by atoms with van der Waals surface area (Å²) in [5.74, 6) is 1.37. The number of para-hydroxylation sites is 1. The summed E-state index contributed by atoms with van der Waals surface area (Å²) in [6.07, 6.45) is 2.10. The van der Waals surface area contributed by atoms with Crippen LogP contribution in [0, 0.1) is 20.8 Å².